The molecule has 1 N–H and O–H groups in total. The molecule has 0 radical (unpaired) electrons. The van der Waals surface area contributed by atoms with E-state index >= 15 is 0 Å². The van der Waals surface area contributed by atoms with Gasteiger partial charge in [-0.15, -0.1) is 0 Å². The molecule has 1 aromatic heterocycles. The topological polar surface area (TPSA) is 61.7 Å². The number of aliphatic hydroxyl groups is 1. The van der Waals surface area contributed by atoms with Crippen molar-refractivity contribution in [1.82, 2.24) is 14.9 Å². The van der Waals surface area contributed by atoms with Crippen molar-refractivity contribution in [2.45, 2.75) is 51.2 Å². The number of aliphatic hydroxyl groups excluding tert-OH is 1. The van der Waals surface area contributed by atoms with Crippen LogP contribution >= 0.6 is 0 Å². The van der Waals surface area contributed by atoms with Crippen LogP contribution in [0.1, 0.15) is 48.6 Å². The molecule has 2 heterocycles. The van der Waals surface area contributed by atoms with Crippen LogP contribution in [0.3, 0.4) is 0 Å². The summed E-state index contributed by atoms with van der Waals surface area (Å²) in [5.74, 6) is 1.59. The number of ether oxygens (including phenoxy) is 1. The van der Waals surface area contributed by atoms with E-state index in [0.717, 1.165) is 49.7 Å². The van der Waals surface area contributed by atoms with Crippen LogP contribution in [0.15, 0.2) is 24.4 Å². The van der Waals surface area contributed by atoms with Crippen molar-refractivity contribution < 1.29 is 9.84 Å². The number of fused-ring (bicyclic) bond motifs is 2. The lowest BCUT2D eigenvalue weighted by atomic mass is 9.77. The number of hydrogen-bond acceptors (Lipinski definition) is 6. The fourth-order valence-electron chi connectivity index (χ4n) is 4.92. The first-order valence-electron chi connectivity index (χ1n) is 10.7. The summed E-state index contributed by atoms with van der Waals surface area (Å²) in [5.41, 5.74) is 4.83. The van der Waals surface area contributed by atoms with Crippen LogP contribution in [0.2, 0.25) is 0 Å². The van der Waals surface area contributed by atoms with Gasteiger partial charge < -0.3 is 14.7 Å². The Morgan fingerprint density at radius 3 is 2.90 bits per heavy atom. The number of aryl methyl sites for hydroxylation is 1. The monoisotopic (exact) mass is 396 g/mol. The molecule has 6 nitrogen and oxygen atoms in total. The Labute approximate surface area is 173 Å². The van der Waals surface area contributed by atoms with Gasteiger partial charge in [-0.2, -0.15) is 0 Å². The lowest BCUT2D eigenvalue weighted by molar-refractivity contribution is 0.136. The minimum Gasteiger partial charge on any atom is -0.494 e. The molecule has 4 rings (SSSR count). The van der Waals surface area contributed by atoms with E-state index in [1.807, 2.05) is 38.2 Å². The average molecular weight is 397 g/mol. The summed E-state index contributed by atoms with van der Waals surface area (Å²) in [5, 5.41) is 9.71. The van der Waals surface area contributed by atoms with Gasteiger partial charge in [-0.3, -0.25) is 4.90 Å². The second-order valence-corrected chi connectivity index (χ2v) is 8.57. The number of benzene rings is 1. The number of anilines is 1. The van der Waals surface area contributed by atoms with Crippen LogP contribution in [-0.2, 0) is 25.0 Å². The van der Waals surface area contributed by atoms with E-state index in [4.69, 9.17) is 9.72 Å². The Morgan fingerprint density at radius 1 is 1.28 bits per heavy atom. The Morgan fingerprint density at radius 2 is 2.14 bits per heavy atom. The fraction of sp³-hybridized carbons (Fsp3) is 0.565. The predicted molar refractivity (Wildman–Crippen MR) is 114 cm³/mol. The Kier molecular flexibility index (Phi) is 5.74. The summed E-state index contributed by atoms with van der Waals surface area (Å²) in [6.07, 6.45) is 6.66. The molecule has 1 atom stereocenters. The predicted octanol–water partition coefficient (Wildman–Crippen LogP) is 2.91. The number of aromatic nitrogens is 2. The van der Waals surface area contributed by atoms with E-state index in [-0.39, 0.29) is 12.0 Å². The first kappa shape index (κ1) is 20.1. The zero-order valence-corrected chi connectivity index (χ0v) is 17.8. The number of rotatable bonds is 6. The highest BCUT2D eigenvalue weighted by atomic mass is 16.5. The fourth-order valence-corrected chi connectivity index (χ4v) is 4.92. The Hall–Kier alpha value is -2.18. The molecule has 29 heavy (non-hydrogen) atoms. The minimum atomic E-state index is 0.00468. The quantitative estimate of drug-likeness (QED) is 0.810. The standard InChI is InChI=1S/C23H32N4O2/c1-4-29-20-7-6-17(12-19(20)15-28)14-27-11-5-9-23(16-27)10-8-18-13-24-22(26(2)3)25-21(18)23/h6-7,12-13,28H,4-5,8-11,14-16H2,1-3H3. The van der Waals surface area contributed by atoms with Crippen molar-refractivity contribution >= 4 is 5.95 Å². The summed E-state index contributed by atoms with van der Waals surface area (Å²) in [4.78, 5) is 14.0. The maximum Gasteiger partial charge on any atom is 0.225 e. The van der Waals surface area contributed by atoms with Crippen LogP contribution in [-0.4, -0.2) is 53.8 Å². The van der Waals surface area contributed by atoms with Gasteiger partial charge in [0, 0.05) is 44.4 Å². The molecule has 156 valence electrons. The highest BCUT2D eigenvalue weighted by molar-refractivity contribution is 5.40. The van der Waals surface area contributed by atoms with Gasteiger partial charge in [-0.25, -0.2) is 9.97 Å². The second-order valence-electron chi connectivity index (χ2n) is 8.57. The molecule has 0 amide bonds. The maximum atomic E-state index is 9.71. The molecule has 1 aliphatic heterocycles. The highest BCUT2D eigenvalue weighted by Gasteiger charge is 2.43. The van der Waals surface area contributed by atoms with E-state index in [9.17, 15) is 5.11 Å². The summed E-state index contributed by atoms with van der Waals surface area (Å²) >= 11 is 0. The van der Waals surface area contributed by atoms with E-state index in [2.05, 4.69) is 22.0 Å². The van der Waals surface area contributed by atoms with Crippen LogP contribution in [0.4, 0.5) is 5.95 Å². The van der Waals surface area contributed by atoms with Gasteiger partial charge >= 0.3 is 0 Å². The Balaban J connectivity index is 1.54. The molecule has 2 aliphatic rings. The molecular weight excluding hydrogens is 364 g/mol. The third-order valence-corrected chi connectivity index (χ3v) is 6.28. The molecule has 1 fully saturated rings. The molecule has 1 saturated heterocycles. The largest absolute Gasteiger partial charge is 0.494 e. The summed E-state index contributed by atoms with van der Waals surface area (Å²) in [6.45, 7) is 5.60. The van der Waals surface area contributed by atoms with E-state index < -0.39 is 0 Å². The van der Waals surface area contributed by atoms with E-state index in [1.54, 1.807) is 0 Å². The van der Waals surface area contributed by atoms with E-state index in [1.165, 1.54) is 29.7 Å². The van der Waals surface area contributed by atoms with Crippen molar-refractivity contribution in [2.75, 3.05) is 38.7 Å². The Bertz CT molecular complexity index is 866. The summed E-state index contributed by atoms with van der Waals surface area (Å²) < 4.78 is 5.63. The molecule has 0 saturated carbocycles. The van der Waals surface area contributed by atoms with Crippen LogP contribution < -0.4 is 9.64 Å². The molecule has 2 aromatic rings. The van der Waals surface area contributed by atoms with Crippen molar-refractivity contribution in [1.29, 1.82) is 0 Å². The molecule has 1 unspecified atom stereocenters. The maximum absolute atomic E-state index is 9.71. The SMILES string of the molecule is CCOc1ccc(CN2CCCC3(CCc4cnc(N(C)C)nc43)C2)cc1CO. The lowest BCUT2D eigenvalue weighted by Crippen LogP contribution is -2.45. The molecule has 1 spiro atoms. The average Bonchev–Trinajstić information content (AvgIpc) is 3.06. The number of hydrogen-bond donors (Lipinski definition) is 1. The number of nitrogens with zero attached hydrogens (tertiary/aromatic N) is 4. The van der Waals surface area contributed by atoms with Gasteiger partial charge in [0.05, 0.1) is 18.9 Å². The third kappa shape index (κ3) is 3.96. The van der Waals surface area contributed by atoms with Gasteiger partial charge in [0.15, 0.2) is 0 Å². The van der Waals surface area contributed by atoms with Gasteiger partial charge in [0.1, 0.15) is 5.75 Å². The summed E-state index contributed by atoms with van der Waals surface area (Å²) in [6, 6.07) is 6.20. The molecule has 1 aliphatic carbocycles. The van der Waals surface area contributed by atoms with Gasteiger partial charge in [-0.05, 0) is 62.4 Å². The van der Waals surface area contributed by atoms with Crippen LogP contribution in [0.5, 0.6) is 5.75 Å². The zero-order chi connectivity index (χ0) is 20.4. The molecule has 6 heteroatoms. The van der Waals surface area contributed by atoms with Crippen LogP contribution in [0.25, 0.3) is 0 Å². The number of likely N-dealkylation sites (tertiary alicyclic amines) is 1. The van der Waals surface area contributed by atoms with Crippen LogP contribution in [0, 0.1) is 0 Å². The third-order valence-electron chi connectivity index (χ3n) is 6.28. The second kappa shape index (κ2) is 8.28. The smallest absolute Gasteiger partial charge is 0.225 e. The minimum absolute atomic E-state index is 0.00468. The van der Waals surface area contributed by atoms with Gasteiger partial charge in [0.25, 0.3) is 0 Å². The summed E-state index contributed by atoms with van der Waals surface area (Å²) in [7, 11) is 4.00. The first-order chi connectivity index (χ1) is 14.0. The van der Waals surface area contributed by atoms with Gasteiger partial charge in [-0.1, -0.05) is 6.07 Å². The molecule has 1 aromatic carbocycles. The normalized spacial score (nSPS) is 21.4. The van der Waals surface area contributed by atoms with E-state index in [0.29, 0.717) is 6.61 Å². The van der Waals surface area contributed by atoms with Crippen molar-refractivity contribution in [2.24, 2.45) is 0 Å². The molecule has 0 bridgehead atoms. The van der Waals surface area contributed by atoms with Gasteiger partial charge in [0.2, 0.25) is 5.95 Å². The first-order valence-corrected chi connectivity index (χ1v) is 10.7. The van der Waals surface area contributed by atoms with Crippen molar-refractivity contribution in [3.8, 4) is 5.75 Å². The van der Waals surface area contributed by atoms with Crippen molar-refractivity contribution in [3.05, 3.63) is 46.8 Å². The van der Waals surface area contributed by atoms with Crippen molar-refractivity contribution in [3.63, 3.8) is 0 Å². The molecular formula is C23H32N4O2. The number of piperidine rings is 1. The zero-order valence-electron chi connectivity index (χ0n) is 17.8. The lowest BCUT2D eigenvalue weighted by Gasteiger charge is -2.40. The highest BCUT2D eigenvalue weighted by Crippen LogP contribution is 2.44.